The number of benzene rings is 2. The highest BCUT2D eigenvalue weighted by Crippen LogP contribution is 2.22. The van der Waals surface area contributed by atoms with Crippen molar-refractivity contribution in [3.05, 3.63) is 64.6 Å². The van der Waals surface area contributed by atoms with Gasteiger partial charge in [0.15, 0.2) is 5.11 Å². The van der Waals surface area contributed by atoms with Crippen LogP contribution in [0.15, 0.2) is 59.1 Å². The molecule has 2 rings (SSSR count). The number of hydrogen-bond acceptors (Lipinski definition) is 1. The van der Waals surface area contributed by atoms with Crippen LogP contribution in [0.3, 0.4) is 0 Å². The first-order valence-corrected chi connectivity index (χ1v) is 8.62. The maximum Gasteiger partial charge on any atom is 0.171 e. The van der Waals surface area contributed by atoms with Crippen molar-refractivity contribution in [1.29, 1.82) is 0 Å². The number of hydrogen-bond donors (Lipinski definition) is 2. The first-order valence-electron chi connectivity index (χ1n) is 7.42. The van der Waals surface area contributed by atoms with Crippen molar-refractivity contribution in [2.24, 2.45) is 5.92 Å². The van der Waals surface area contributed by atoms with Crippen molar-refractivity contribution in [3.63, 3.8) is 0 Å². The molecule has 0 fully saturated rings. The number of thiocarbonyl (C=S) groups is 1. The van der Waals surface area contributed by atoms with Crippen molar-refractivity contribution in [1.82, 2.24) is 5.32 Å². The van der Waals surface area contributed by atoms with E-state index in [9.17, 15) is 0 Å². The van der Waals surface area contributed by atoms with Gasteiger partial charge in [-0.1, -0.05) is 66.2 Å². The minimum atomic E-state index is 0.216. The summed E-state index contributed by atoms with van der Waals surface area (Å²) in [5.41, 5.74) is 2.23. The van der Waals surface area contributed by atoms with Crippen molar-refractivity contribution in [2.45, 2.75) is 26.3 Å². The second-order valence-corrected chi connectivity index (χ2v) is 7.03. The number of nitrogens with one attached hydrogen (secondary N) is 2. The molecule has 0 amide bonds. The summed E-state index contributed by atoms with van der Waals surface area (Å²) in [4.78, 5) is 0. The molecular formula is C18H21BrN2S. The van der Waals surface area contributed by atoms with Crippen LogP contribution in [0, 0.1) is 5.92 Å². The second kappa shape index (κ2) is 8.30. The Labute approximate surface area is 146 Å². The summed E-state index contributed by atoms with van der Waals surface area (Å²) in [5.74, 6) is 0.589. The average molecular weight is 377 g/mol. The molecule has 0 aliphatic rings. The molecule has 0 radical (unpaired) electrons. The number of anilines is 1. The van der Waals surface area contributed by atoms with Gasteiger partial charge in [-0.2, -0.15) is 0 Å². The molecule has 0 aliphatic heterocycles. The Kier molecular flexibility index (Phi) is 6.40. The van der Waals surface area contributed by atoms with Crippen LogP contribution >= 0.6 is 28.1 Å². The third-order valence-electron chi connectivity index (χ3n) is 3.30. The van der Waals surface area contributed by atoms with Gasteiger partial charge in [-0.3, -0.25) is 0 Å². The lowest BCUT2D eigenvalue weighted by Gasteiger charge is -2.23. The van der Waals surface area contributed by atoms with Crippen LogP contribution in [0.1, 0.15) is 31.9 Å². The molecule has 0 aliphatic carbocycles. The third kappa shape index (κ3) is 5.43. The molecule has 0 unspecified atom stereocenters. The molecule has 0 heterocycles. The van der Waals surface area contributed by atoms with Gasteiger partial charge in [-0.15, -0.1) is 0 Å². The van der Waals surface area contributed by atoms with Crippen molar-refractivity contribution in [3.8, 4) is 0 Å². The van der Waals surface area contributed by atoms with Gasteiger partial charge >= 0.3 is 0 Å². The maximum absolute atomic E-state index is 5.47. The van der Waals surface area contributed by atoms with Gasteiger partial charge in [-0.25, -0.2) is 0 Å². The SMILES string of the molecule is CC(C)C[C@H](NC(=S)Nc1cccc(Br)c1)c1ccccc1. The smallest absolute Gasteiger partial charge is 0.171 e. The fourth-order valence-corrected chi connectivity index (χ4v) is 2.99. The Hall–Kier alpha value is -1.39. The van der Waals surface area contributed by atoms with Crippen LogP contribution in [-0.4, -0.2) is 5.11 Å². The molecule has 2 aromatic carbocycles. The Balaban J connectivity index is 2.05. The molecular weight excluding hydrogens is 356 g/mol. The zero-order chi connectivity index (χ0) is 15.9. The van der Waals surface area contributed by atoms with E-state index < -0.39 is 0 Å². The zero-order valence-corrected chi connectivity index (χ0v) is 15.2. The van der Waals surface area contributed by atoms with Gasteiger partial charge in [0.25, 0.3) is 0 Å². The lowest BCUT2D eigenvalue weighted by molar-refractivity contribution is 0.481. The minimum Gasteiger partial charge on any atom is -0.356 e. The van der Waals surface area contributed by atoms with E-state index in [2.05, 4.69) is 64.7 Å². The summed E-state index contributed by atoms with van der Waals surface area (Å²) in [7, 11) is 0. The van der Waals surface area contributed by atoms with Crippen LogP contribution in [0.5, 0.6) is 0 Å². The molecule has 1 atom stereocenters. The summed E-state index contributed by atoms with van der Waals surface area (Å²) in [6.07, 6.45) is 1.03. The van der Waals surface area contributed by atoms with Gasteiger partial charge in [0.2, 0.25) is 0 Å². The molecule has 0 spiro atoms. The predicted octanol–water partition coefficient (Wildman–Crippen LogP) is 5.52. The fraction of sp³-hybridized carbons (Fsp3) is 0.278. The summed E-state index contributed by atoms with van der Waals surface area (Å²) < 4.78 is 1.03. The highest BCUT2D eigenvalue weighted by atomic mass is 79.9. The molecule has 22 heavy (non-hydrogen) atoms. The molecule has 0 saturated heterocycles. The summed E-state index contributed by atoms with van der Waals surface area (Å²) >= 11 is 8.94. The third-order valence-corrected chi connectivity index (χ3v) is 4.01. The van der Waals surface area contributed by atoms with E-state index in [4.69, 9.17) is 12.2 Å². The lowest BCUT2D eigenvalue weighted by Crippen LogP contribution is -2.33. The lowest BCUT2D eigenvalue weighted by atomic mass is 9.97. The van der Waals surface area contributed by atoms with Gasteiger partial charge in [0, 0.05) is 10.2 Å². The summed E-state index contributed by atoms with van der Waals surface area (Å²) in [6.45, 7) is 4.45. The first-order chi connectivity index (χ1) is 10.5. The van der Waals surface area contributed by atoms with Crippen molar-refractivity contribution in [2.75, 3.05) is 5.32 Å². The zero-order valence-electron chi connectivity index (χ0n) is 12.8. The highest BCUT2D eigenvalue weighted by molar-refractivity contribution is 9.10. The molecule has 2 aromatic rings. The molecule has 2 nitrogen and oxygen atoms in total. The highest BCUT2D eigenvalue weighted by Gasteiger charge is 2.14. The van der Waals surface area contributed by atoms with E-state index in [-0.39, 0.29) is 6.04 Å². The van der Waals surface area contributed by atoms with Gasteiger partial charge in [-0.05, 0) is 48.3 Å². The van der Waals surface area contributed by atoms with Gasteiger partial charge in [0.05, 0.1) is 6.04 Å². The summed E-state index contributed by atoms with van der Waals surface area (Å²) in [6, 6.07) is 18.6. The fourth-order valence-electron chi connectivity index (χ4n) is 2.33. The molecule has 116 valence electrons. The number of halogens is 1. The Bertz CT molecular complexity index is 613. The van der Waals surface area contributed by atoms with E-state index in [0.717, 1.165) is 16.6 Å². The topological polar surface area (TPSA) is 24.1 Å². The van der Waals surface area contributed by atoms with Crippen LogP contribution in [0.25, 0.3) is 0 Å². The molecule has 4 heteroatoms. The van der Waals surface area contributed by atoms with E-state index >= 15 is 0 Å². The van der Waals surface area contributed by atoms with Crippen LogP contribution in [0.4, 0.5) is 5.69 Å². The van der Waals surface area contributed by atoms with Gasteiger partial charge < -0.3 is 10.6 Å². The average Bonchev–Trinajstić information content (AvgIpc) is 2.47. The Morgan fingerprint density at radius 2 is 1.82 bits per heavy atom. The number of rotatable bonds is 5. The van der Waals surface area contributed by atoms with Crippen LogP contribution < -0.4 is 10.6 Å². The van der Waals surface area contributed by atoms with E-state index in [1.807, 2.05) is 30.3 Å². The molecule has 0 bridgehead atoms. The quantitative estimate of drug-likeness (QED) is 0.671. The van der Waals surface area contributed by atoms with E-state index in [0.29, 0.717) is 11.0 Å². The molecule has 0 saturated carbocycles. The maximum atomic E-state index is 5.47. The van der Waals surface area contributed by atoms with Crippen molar-refractivity contribution >= 4 is 38.9 Å². The van der Waals surface area contributed by atoms with Gasteiger partial charge in [0.1, 0.15) is 0 Å². The Morgan fingerprint density at radius 3 is 2.45 bits per heavy atom. The molecule has 0 aromatic heterocycles. The molecule has 2 N–H and O–H groups in total. The van der Waals surface area contributed by atoms with Crippen LogP contribution in [-0.2, 0) is 0 Å². The van der Waals surface area contributed by atoms with E-state index in [1.54, 1.807) is 0 Å². The normalized spacial score (nSPS) is 12.0. The standard InChI is InChI=1S/C18H21BrN2S/c1-13(2)11-17(14-7-4-3-5-8-14)21-18(22)20-16-10-6-9-15(19)12-16/h3-10,12-13,17H,11H2,1-2H3,(H2,20,21,22)/t17-/m0/s1. The predicted molar refractivity (Wildman–Crippen MR) is 102 cm³/mol. The first kappa shape index (κ1) is 17.0. The second-order valence-electron chi connectivity index (χ2n) is 5.70. The monoisotopic (exact) mass is 376 g/mol. The summed E-state index contributed by atoms with van der Waals surface area (Å²) in [5, 5.41) is 7.33. The van der Waals surface area contributed by atoms with E-state index in [1.165, 1.54) is 5.56 Å². The van der Waals surface area contributed by atoms with Crippen LogP contribution in [0.2, 0.25) is 0 Å². The minimum absolute atomic E-state index is 0.216. The van der Waals surface area contributed by atoms with Crippen molar-refractivity contribution < 1.29 is 0 Å². The largest absolute Gasteiger partial charge is 0.356 e. The Morgan fingerprint density at radius 1 is 1.09 bits per heavy atom.